The molecule has 23 heavy (non-hydrogen) atoms. The minimum atomic E-state index is -3.34. The topological polar surface area (TPSA) is 84.4 Å². The maximum absolute atomic E-state index is 12.5. The van der Waals surface area contributed by atoms with Crippen molar-refractivity contribution in [1.82, 2.24) is 15.3 Å². The number of ether oxygens (including phenoxy) is 1. The van der Waals surface area contributed by atoms with Crippen molar-refractivity contribution >= 4 is 27.3 Å². The van der Waals surface area contributed by atoms with E-state index in [9.17, 15) is 8.42 Å². The molecule has 2 aliphatic heterocycles. The van der Waals surface area contributed by atoms with Crippen molar-refractivity contribution in [3.05, 3.63) is 17.0 Å². The third-order valence-corrected chi connectivity index (χ3v) is 6.81. The molecule has 2 fully saturated rings. The molecule has 1 aromatic rings. The van der Waals surface area contributed by atoms with E-state index in [2.05, 4.69) is 20.2 Å². The van der Waals surface area contributed by atoms with Gasteiger partial charge in [-0.2, -0.15) is 0 Å². The third kappa shape index (κ3) is 3.31. The van der Waals surface area contributed by atoms with Crippen LogP contribution in [0.1, 0.15) is 18.5 Å². The summed E-state index contributed by atoms with van der Waals surface area (Å²) in [7, 11) is -3.34. The maximum atomic E-state index is 12.5. The lowest BCUT2D eigenvalue weighted by Gasteiger charge is -2.36. The molecule has 0 bridgehead atoms. The van der Waals surface area contributed by atoms with Crippen LogP contribution in [0.25, 0.3) is 0 Å². The fourth-order valence-electron chi connectivity index (χ4n) is 3.24. The Morgan fingerprint density at radius 2 is 1.91 bits per heavy atom. The van der Waals surface area contributed by atoms with E-state index in [1.807, 2.05) is 0 Å². The van der Waals surface area contributed by atoms with Crippen LogP contribution in [-0.2, 0) is 19.3 Å². The van der Waals surface area contributed by atoms with Crippen LogP contribution in [0.5, 0.6) is 0 Å². The first kappa shape index (κ1) is 16.9. The molecule has 0 aromatic carbocycles. The highest BCUT2D eigenvalue weighted by Gasteiger charge is 2.45. The lowest BCUT2D eigenvalue weighted by atomic mass is 9.93. The predicted molar refractivity (Wildman–Crippen MR) is 88.7 cm³/mol. The van der Waals surface area contributed by atoms with E-state index < -0.39 is 14.6 Å². The minimum Gasteiger partial charge on any atom is -0.378 e. The van der Waals surface area contributed by atoms with Crippen LogP contribution in [-0.4, -0.2) is 64.0 Å². The van der Waals surface area contributed by atoms with E-state index in [4.69, 9.17) is 16.3 Å². The van der Waals surface area contributed by atoms with E-state index in [1.54, 1.807) is 6.07 Å². The normalized spacial score (nSPS) is 22.1. The van der Waals surface area contributed by atoms with Gasteiger partial charge in [0.1, 0.15) is 10.6 Å². The Morgan fingerprint density at radius 3 is 2.52 bits per heavy atom. The van der Waals surface area contributed by atoms with Gasteiger partial charge in [0, 0.05) is 25.4 Å². The van der Waals surface area contributed by atoms with Gasteiger partial charge >= 0.3 is 0 Å². The van der Waals surface area contributed by atoms with Gasteiger partial charge in [0.05, 0.1) is 18.9 Å². The summed E-state index contributed by atoms with van der Waals surface area (Å²) in [4.78, 5) is 10.6. The molecule has 0 amide bonds. The summed E-state index contributed by atoms with van der Waals surface area (Å²) in [5, 5.41) is 3.29. The first-order valence-corrected chi connectivity index (χ1v) is 9.97. The van der Waals surface area contributed by atoms with Crippen LogP contribution >= 0.6 is 11.6 Å². The molecule has 7 nitrogen and oxygen atoms in total. The number of nitrogens with one attached hydrogen (secondary N) is 1. The zero-order chi connectivity index (χ0) is 16.5. The molecule has 0 radical (unpaired) electrons. The van der Waals surface area contributed by atoms with Crippen LogP contribution < -0.4 is 10.2 Å². The Kier molecular flexibility index (Phi) is 4.78. The van der Waals surface area contributed by atoms with Crippen LogP contribution in [0.15, 0.2) is 6.07 Å². The van der Waals surface area contributed by atoms with Gasteiger partial charge in [-0.05, 0) is 37.5 Å². The molecule has 3 rings (SSSR count). The smallest absolute Gasteiger partial charge is 0.224 e. The molecule has 3 heterocycles. The highest BCUT2D eigenvalue weighted by atomic mass is 35.5. The lowest BCUT2D eigenvalue weighted by molar-refractivity contribution is 0.122. The summed E-state index contributed by atoms with van der Waals surface area (Å²) in [6.45, 7) is 3.94. The van der Waals surface area contributed by atoms with Crippen LogP contribution in [0, 0.1) is 0 Å². The predicted octanol–water partition coefficient (Wildman–Crippen LogP) is 0.590. The number of rotatable bonds is 3. The molecule has 0 unspecified atom stereocenters. The van der Waals surface area contributed by atoms with Gasteiger partial charge in [-0.3, -0.25) is 0 Å². The first-order valence-electron chi connectivity index (χ1n) is 7.70. The molecule has 9 heteroatoms. The molecule has 1 N–H and O–H groups in total. The van der Waals surface area contributed by atoms with Crippen molar-refractivity contribution in [2.45, 2.75) is 17.6 Å². The Hall–Kier alpha value is -0.960. The van der Waals surface area contributed by atoms with Crippen molar-refractivity contribution in [3.8, 4) is 0 Å². The second kappa shape index (κ2) is 6.51. The summed E-state index contributed by atoms with van der Waals surface area (Å²) < 4.78 is 29.4. The van der Waals surface area contributed by atoms with Gasteiger partial charge in [0.2, 0.25) is 5.28 Å². The number of piperidine rings is 1. The molecule has 128 valence electrons. The zero-order valence-corrected chi connectivity index (χ0v) is 14.7. The van der Waals surface area contributed by atoms with Gasteiger partial charge in [0.25, 0.3) is 0 Å². The number of sulfone groups is 1. The van der Waals surface area contributed by atoms with Crippen LogP contribution in [0.2, 0.25) is 5.28 Å². The third-order valence-electron chi connectivity index (χ3n) is 4.61. The van der Waals surface area contributed by atoms with E-state index in [0.717, 1.165) is 0 Å². The van der Waals surface area contributed by atoms with Crippen molar-refractivity contribution in [2.24, 2.45) is 0 Å². The summed E-state index contributed by atoms with van der Waals surface area (Å²) in [5.41, 5.74) is 0.503. The highest BCUT2D eigenvalue weighted by Crippen LogP contribution is 2.38. The van der Waals surface area contributed by atoms with Crippen molar-refractivity contribution in [3.63, 3.8) is 0 Å². The molecule has 2 aliphatic rings. The van der Waals surface area contributed by atoms with Crippen molar-refractivity contribution in [2.75, 3.05) is 50.5 Å². The molecule has 0 aliphatic carbocycles. The van der Waals surface area contributed by atoms with E-state index in [1.165, 1.54) is 6.26 Å². The fourth-order valence-corrected chi connectivity index (χ4v) is 4.85. The Morgan fingerprint density at radius 1 is 1.26 bits per heavy atom. The number of anilines is 1. The number of morpholine rings is 1. The summed E-state index contributed by atoms with van der Waals surface area (Å²) >= 11 is 6.11. The lowest BCUT2D eigenvalue weighted by Crippen LogP contribution is -2.46. The number of hydrogen-bond donors (Lipinski definition) is 1. The highest BCUT2D eigenvalue weighted by molar-refractivity contribution is 7.91. The van der Waals surface area contributed by atoms with Gasteiger partial charge in [-0.25, -0.2) is 18.4 Å². The summed E-state index contributed by atoms with van der Waals surface area (Å²) in [5.74, 6) is 0.671. The second-order valence-corrected chi connectivity index (χ2v) is 8.66. The molecular formula is C14H21ClN4O3S. The van der Waals surface area contributed by atoms with Gasteiger partial charge in [-0.1, -0.05) is 0 Å². The van der Waals surface area contributed by atoms with Crippen LogP contribution in [0.3, 0.4) is 0 Å². The van der Waals surface area contributed by atoms with Gasteiger partial charge in [-0.15, -0.1) is 0 Å². The Balaban J connectivity index is 2.04. The minimum absolute atomic E-state index is 0.0885. The Bertz CT molecular complexity index is 671. The maximum Gasteiger partial charge on any atom is 0.224 e. The summed E-state index contributed by atoms with van der Waals surface area (Å²) in [6, 6.07) is 1.78. The summed E-state index contributed by atoms with van der Waals surface area (Å²) in [6.07, 6.45) is 2.26. The first-order chi connectivity index (χ1) is 10.9. The molecular weight excluding hydrogens is 340 g/mol. The average molecular weight is 361 g/mol. The largest absolute Gasteiger partial charge is 0.378 e. The second-order valence-electron chi connectivity index (χ2n) is 6.00. The van der Waals surface area contributed by atoms with Gasteiger partial charge in [0.15, 0.2) is 9.84 Å². The van der Waals surface area contributed by atoms with Crippen molar-refractivity contribution < 1.29 is 13.2 Å². The zero-order valence-electron chi connectivity index (χ0n) is 13.1. The quantitative estimate of drug-likeness (QED) is 0.789. The van der Waals surface area contributed by atoms with E-state index in [0.29, 0.717) is 63.7 Å². The van der Waals surface area contributed by atoms with Crippen LogP contribution in [0.4, 0.5) is 5.82 Å². The SMILES string of the molecule is CS(=O)(=O)C1(c2cc(N3CCOCC3)nc(Cl)n2)CCNCC1. The number of hydrogen-bond acceptors (Lipinski definition) is 7. The molecule has 0 saturated carbocycles. The molecule has 2 saturated heterocycles. The molecule has 0 spiro atoms. The number of nitrogens with zero attached hydrogens (tertiary/aromatic N) is 3. The standard InChI is InChI=1S/C14H21ClN4O3S/c1-23(20,21)14(2-4-16-5-3-14)11-10-12(18-13(15)17-11)19-6-8-22-9-7-19/h10,16H,2-9H2,1H3. The number of aromatic nitrogens is 2. The number of halogens is 1. The monoisotopic (exact) mass is 360 g/mol. The van der Waals surface area contributed by atoms with Gasteiger partial charge < -0.3 is 15.0 Å². The molecule has 1 aromatic heterocycles. The van der Waals surface area contributed by atoms with Crippen molar-refractivity contribution in [1.29, 1.82) is 0 Å². The van der Waals surface area contributed by atoms with E-state index >= 15 is 0 Å². The Labute approximate surface area is 141 Å². The van der Waals surface area contributed by atoms with E-state index in [-0.39, 0.29) is 5.28 Å². The molecule has 0 atom stereocenters. The fraction of sp³-hybridized carbons (Fsp3) is 0.714. The average Bonchev–Trinajstić information content (AvgIpc) is 2.55.